The van der Waals surface area contributed by atoms with Crippen molar-refractivity contribution in [3.8, 4) is 5.75 Å². The van der Waals surface area contributed by atoms with Gasteiger partial charge in [0.15, 0.2) is 10.6 Å². The largest absolute Gasteiger partial charge is 0.606 e. The lowest BCUT2D eigenvalue weighted by Gasteiger charge is -2.24. The summed E-state index contributed by atoms with van der Waals surface area (Å²) in [5, 5.41) is 0.661. The van der Waals surface area contributed by atoms with Gasteiger partial charge >= 0.3 is 0 Å². The van der Waals surface area contributed by atoms with E-state index in [2.05, 4.69) is 13.8 Å². The lowest BCUT2D eigenvalue weighted by atomic mass is 10.0. The predicted octanol–water partition coefficient (Wildman–Crippen LogP) is 4.84. The van der Waals surface area contributed by atoms with E-state index in [-0.39, 0.29) is 0 Å². The molecule has 0 fully saturated rings. The Morgan fingerprint density at radius 3 is 2.77 bits per heavy atom. The summed E-state index contributed by atoms with van der Waals surface area (Å²) in [7, 11) is 0. The van der Waals surface area contributed by atoms with E-state index >= 15 is 0 Å². The quantitative estimate of drug-likeness (QED) is 0.750. The number of hydrogen-bond acceptors (Lipinski definition) is 2. The van der Waals surface area contributed by atoms with Crippen molar-refractivity contribution in [3.63, 3.8) is 0 Å². The van der Waals surface area contributed by atoms with E-state index in [1.54, 1.807) is 0 Å². The first-order chi connectivity index (χ1) is 10.6. The van der Waals surface area contributed by atoms with Gasteiger partial charge in [-0.1, -0.05) is 43.6 Å². The highest BCUT2D eigenvalue weighted by Crippen LogP contribution is 2.42. The molecule has 2 aromatic carbocycles. The molecule has 0 aromatic heterocycles. The van der Waals surface area contributed by atoms with Crippen molar-refractivity contribution in [1.29, 1.82) is 0 Å². The molecule has 0 amide bonds. The van der Waals surface area contributed by atoms with Crippen LogP contribution in [0.2, 0.25) is 5.02 Å². The number of hydrogen-bond donors (Lipinski definition) is 0. The molecule has 1 atom stereocenters. The summed E-state index contributed by atoms with van der Waals surface area (Å²) in [6.45, 7) is 4.95. The molecule has 1 aliphatic heterocycles. The van der Waals surface area contributed by atoms with E-state index in [4.69, 9.17) is 16.3 Å². The van der Waals surface area contributed by atoms with E-state index in [9.17, 15) is 4.55 Å². The maximum absolute atomic E-state index is 13.0. The average molecular weight is 335 g/mol. The lowest BCUT2D eigenvalue weighted by molar-refractivity contribution is 0.282. The van der Waals surface area contributed by atoms with Crippen LogP contribution >= 0.6 is 11.6 Å². The average Bonchev–Trinajstić information content (AvgIpc) is 2.50. The molecule has 0 spiro atoms. The Morgan fingerprint density at radius 1 is 1.23 bits per heavy atom. The minimum atomic E-state index is -1.24. The molecule has 0 radical (unpaired) electrons. The van der Waals surface area contributed by atoms with Gasteiger partial charge < -0.3 is 9.29 Å². The van der Waals surface area contributed by atoms with Gasteiger partial charge in [0.1, 0.15) is 0 Å². The smallest absolute Gasteiger partial charge is 0.205 e. The van der Waals surface area contributed by atoms with Gasteiger partial charge in [0.05, 0.1) is 6.61 Å². The third-order valence-corrected chi connectivity index (χ3v) is 5.82. The zero-order valence-electron chi connectivity index (χ0n) is 12.8. The summed E-state index contributed by atoms with van der Waals surface area (Å²) < 4.78 is 18.9. The fourth-order valence-electron chi connectivity index (χ4n) is 2.60. The summed E-state index contributed by atoms with van der Waals surface area (Å²) in [4.78, 5) is 1.61. The molecule has 0 N–H and O–H groups in total. The molecule has 3 rings (SSSR count). The Balaban J connectivity index is 1.97. The van der Waals surface area contributed by atoms with E-state index in [1.165, 1.54) is 0 Å². The maximum Gasteiger partial charge on any atom is 0.205 e. The first-order valence-electron chi connectivity index (χ1n) is 7.51. The molecule has 116 valence electrons. The van der Waals surface area contributed by atoms with Gasteiger partial charge in [-0.25, -0.2) is 0 Å². The lowest BCUT2D eigenvalue weighted by Crippen LogP contribution is -2.17. The topological polar surface area (TPSA) is 32.3 Å². The monoisotopic (exact) mass is 334 g/mol. The van der Waals surface area contributed by atoms with Crippen LogP contribution in [0.15, 0.2) is 46.2 Å². The van der Waals surface area contributed by atoms with Crippen molar-refractivity contribution in [3.05, 3.63) is 52.5 Å². The van der Waals surface area contributed by atoms with Crippen LogP contribution in [0.3, 0.4) is 0 Å². The first kappa shape index (κ1) is 15.7. The molecular weight excluding hydrogens is 316 g/mol. The van der Waals surface area contributed by atoms with E-state index in [1.807, 2.05) is 36.4 Å². The maximum atomic E-state index is 13.0. The zero-order valence-corrected chi connectivity index (χ0v) is 14.3. The number of halogens is 1. The van der Waals surface area contributed by atoms with E-state index in [0.29, 0.717) is 29.7 Å². The standard InChI is InChI=1S/C18H19ClO2S/c1-12(2)9-10-21-16-8-7-15(19)14-11-13-5-3-4-6-17(13)22(20)18(14)16/h3-8,12H,9-11H2,1-2H3. The first-order valence-corrected chi connectivity index (χ1v) is 9.04. The molecule has 2 nitrogen and oxygen atoms in total. The molecule has 0 aliphatic carbocycles. The normalized spacial score (nSPS) is 16.3. The molecule has 1 unspecified atom stereocenters. The van der Waals surface area contributed by atoms with Crippen LogP contribution in [0.25, 0.3) is 0 Å². The molecule has 2 aromatic rings. The van der Waals surface area contributed by atoms with Crippen molar-refractivity contribution < 1.29 is 9.29 Å². The van der Waals surface area contributed by atoms with E-state index < -0.39 is 11.2 Å². The van der Waals surface area contributed by atoms with Gasteiger partial charge in [-0.3, -0.25) is 0 Å². The van der Waals surface area contributed by atoms with Crippen LogP contribution in [0.1, 0.15) is 31.4 Å². The number of fused-ring (bicyclic) bond motifs is 2. The van der Waals surface area contributed by atoms with Crippen LogP contribution in [0.4, 0.5) is 0 Å². The highest BCUT2D eigenvalue weighted by Gasteiger charge is 2.33. The highest BCUT2D eigenvalue weighted by molar-refractivity contribution is 7.91. The Kier molecular flexibility index (Phi) is 4.67. The van der Waals surface area contributed by atoms with Gasteiger partial charge in [0.25, 0.3) is 0 Å². The van der Waals surface area contributed by atoms with Crippen molar-refractivity contribution in [1.82, 2.24) is 0 Å². The summed E-state index contributed by atoms with van der Waals surface area (Å²) >= 11 is 5.10. The molecule has 22 heavy (non-hydrogen) atoms. The van der Waals surface area contributed by atoms with E-state index in [0.717, 1.165) is 27.3 Å². The summed E-state index contributed by atoms with van der Waals surface area (Å²) in [6.07, 6.45) is 1.68. The summed E-state index contributed by atoms with van der Waals surface area (Å²) in [5.41, 5.74) is 2.01. The second-order valence-corrected chi connectivity index (χ2v) is 7.73. The molecular formula is C18H19ClO2S. The second-order valence-electron chi connectivity index (χ2n) is 5.94. The zero-order chi connectivity index (χ0) is 15.7. The van der Waals surface area contributed by atoms with Crippen molar-refractivity contribution in [2.45, 2.75) is 36.5 Å². The predicted molar refractivity (Wildman–Crippen MR) is 90.3 cm³/mol. The Morgan fingerprint density at radius 2 is 2.00 bits per heavy atom. The van der Waals surface area contributed by atoms with Gasteiger partial charge in [-0.05, 0) is 30.5 Å². The van der Waals surface area contributed by atoms with Gasteiger partial charge in [0, 0.05) is 33.7 Å². The van der Waals surface area contributed by atoms with Gasteiger partial charge in [-0.2, -0.15) is 0 Å². The van der Waals surface area contributed by atoms with Gasteiger partial charge in [-0.15, -0.1) is 0 Å². The fourth-order valence-corrected chi connectivity index (χ4v) is 4.40. The third kappa shape index (κ3) is 2.98. The Hall–Kier alpha value is -1.16. The highest BCUT2D eigenvalue weighted by atomic mass is 35.5. The molecule has 4 heteroatoms. The van der Waals surface area contributed by atoms with Crippen LogP contribution in [-0.4, -0.2) is 11.2 Å². The SMILES string of the molecule is CC(C)CCOc1ccc(Cl)c2c1[S+]([O-])c1ccccc1C2. The van der Waals surface area contributed by atoms with Crippen LogP contribution in [0, 0.1) is 5.92 Å². The molecule has 0 saturated carbocycles. The van der Waals surface area contributed by atoms with Crippen molar-refractivity contribution in [2.24, 2.45) is 5.92 Å². The number of ether oxygens (including phenoxy) is 1. The summed E-state index contributed by atoms with van der Waals surface area (Å²) in [5.74, 6) is 1.28. The third-order valence-electron chi connectivity index (χ3n) is 3.84. The minimum absolute atomic E-state index is 0.578. The Labute approximate surface area is 139 Å². The summed E-state index contributed by atoms with van der Waals surface area (Å²) in [6, 6.07) is 11.5. The fraction of sp³-hybridized carbons (Fsp3) is 0.333. The molecule has 0 saturated heterocycles. The Bertz CT molecular complexity index is 685. The number of benzene rings is 2. The number of rotatable bonds is 4. The minimum Gasteiger partial charge on any atom is -0.606 e. The molecule has 1 heterocycles. The van der Waals surface area contributed by atoms with Crippen molar-refractivity contribution in [2.75, 3.05) is 6.61 Å². The van der Waals surface area contributed by atoms with Crippen LogP contribution < -0.4 is 4.74 Å². The molecule has 0 bridgehead atoms. The van der Waals surface area contributed by atoms with Crippen LogP contribution in [0.5, 0.6) is 5.75 Å². The van der Waals surface area contributed by atoms with Gasteiger partial charge in [0.2, 0.25) is 4.90 Å². The molecule has 1 aliphatic rings. The second kappa shape index (κ2) is 6.53. The van der Waals surface area contributed by atoms with Crippen molar-refractivity contribution >= 4 is 22.8 Å². The van der Waals surface area contributed by atoms with Crippen LogP contribution in [-0.2, 0) is 17.6 Å².